The van der Waals surface area contributed by atoms with Crippen molar-refractivity contribution >= 4 is 16.9 Å². The standard InChI is InChI=1S/C21H21N3O3/c1-26-16-4-6-20(27-2)17(12-16)15-7-10-24(13-15)21(25)14-3-5-18-19(11-14)23-9-8-22-18/h3-6,8-9,11-12,15H,7,10,13H2,1-2H3. The third-order valence-corrected chi connectivity index (χ3v) is 5.07. The van der Waals surface area contributed by atoms with Gasteiger partial charge in [-0.25, -0.2) is 0 Å². The van der Waals surface area contributed by atoms with E-state index >= 15 is 0 Å². The fourth-order valence-corrected chi connectivity index (χ4v) is 3.64. The van der Waals surface area contributed by atoms with E-state index in [-0.39, 0.29) is 11.8 Å². The summed E-state index contributed by atoms with van der Waals surface area (Å²) >= 11 is 0. The molecule has 1 aliphatic rings. The lowest BCUT2D eigenvalue weighted by Crippen LogP contribution is -2.28. The number of nitrogens with zero attached hydrogens (tertiary/aromatic N) is 3. The van der Waals surface area contributed by atoms with E-state index < -0.39 is 0 Å². The Morgan fingerprint density at radius 2 is 1.85 bits per heavy atom. The van der Waals surface area contributed by atoms with Crippen LogP contribution in [0.25, 0.3) is 11.0 Å². The predicted molar refractivity (Wildman–Crippen MR) is 102 cm³/mol. The normalized spacial score (nSPS) is 16.5. The van der Waals surface area contributed by atoms with Gasteiger partial charge >= 0.3 is 0 Å². The van der Waals surface area contributed by atoms with Gasteiger partial charge in [0.1, 0.15) is 11.5 Å². The first-order valence-electron chi connectivity index (χ1n) is 8.91. The molecule has 27 heavy (non-hydrogen) atoms. The first-order valence-corrected chi connectivity index (χ1v) is 8.91. The van der Waals surface area contributed by atoms with Crippen LogP contribution in [-0.2, 0) is 0 Å². The van der Waals surface area contributed by atoms with Crippen LogP contribution in [0.5, 0.6) is 11.5 Å². The molecule has 1 amide bonds. The molecule has 1 aliphatic heterocycles. The fraction of sp³-hybridized carbons (Fsp3) is 0.286. The van der Waals surface area contributed by atoms with Crippen LogP contribution in [0.2, 0.25) is 0 Å². The van der Waals surface area contributed by atoms with Gasteiger partial charge in [-0.2, -0.15) is 0 Å². The Morgan fingerprint density at radius 3 is 2.63 bits per heavy atom. The number of benzene rings is 2. The summed E-state index contributed by atoms with van der Waals surface area (Å²) in [6.07, 6.45) is 4.18. The Kier molecular flexibility index (Phi) is 4.62. The Bertz CT molecular complexity index is 989. The van der Waals surface area contributed by atoms with Gasteiger partial charge in [-0.15, -0.1) is 0 Å². The van der Waals surface area contributed by atoms with Gasteiger partial charge in [0.15, 0.2) is 0 Å². The second kappa shape index (κ2) is 7.23. The molecule has 1 fully saturated rings. The highest BCUT2D eigenvalue weighted by Crippen LogP contribution is 2.36. The number of carbonyl (C=O) groups is 1. The summed E-state index contributed by atoms with van der Waals surface area (Å²) in [4.78, 5) is 23.4. The molecule has 3 aromatic rings. The summed E-state index contributed by atoms with van der Waals surface area (Å²) in [5, 5.41) is 0. The number of rotatable bonds is 4. The summed E-state index contributed by atoms with van der Waals surface area (Å²) in [6.45, 7) is 1.36. The summed E-state index contributed by atoms with van der Waals surface area (Å²) in [5.74, 6) is 1.87. The summed E-state index contributed by atoms with van der Waals surface area (Å²) in [5.41, 5.74) is 3.24. The molecule has 1 aromatic heterocycles. The largest absolute Gasteiger partial charge is 0.497 e. The van der Waals surface area contributed by atoms with Crippen LogP contribution < -0.4 is 9.47 Å². The quantitative estimate of drug-likeness (QED) is 0.712. The molecular formula is C21H21N3O3. The lowest BCUT2D eigenvalue weighted by Gasteiger charge is -2.18. The molecule has 0 saturated carbocycles. The molecule has 1 unspecified atom stereocenters. The van der Waals surface area contributed by atoms with Crippen LogP contribution in [0.4, 0.5) is 0 Å². The highest BCUT2D eigenvalue weighted by Gasteiger charge is 2.30. The van der Waals surface area contributed by atoms with E-state index in [1.807, 2.05) is 41.3 Å². The average molecular weight is 363 g/mol. The molecule has 0 N–H and O–H groups in total. The second-order valence-corrected chi connectivity index (χ2v) is 6.60. The van der Waals surface area contributed by atoms with Gasteiger partial charge in [-0.05, 0) is 42.8 Å². The zero-order valence-electron chi connectivity index (χ0n) is 15.4. The number of ether oxygens (including phenoxy) is 2. The van der Waals surface area contributed by atoms with Crippen molar-refractivity contribution in [1.29, 1.82) is 0 Å². The van der Waals surface area contributed by atoms with Crippen molar-refractivity contribution in [3.63, 3.8) is 0 Å². The van der Waals surface area contributed by atoms with Crippen LogP contribution in [0.1, 0.15) is 28.3 Å². The van der Waals surface area contributed by atoms with Crippen molar-refractivity contribution in [1.82, 2.24) is 14.9 Å². The average Bonchev–Trinajstić information content (AvgIpc) is 3.22. The topological polar surface area (TPSA) is 64.6 Å². The number of carbonyl (C=O) groups excluding carboxylic acids is 1. The molecule has 0 aliphatic carbocycles. The monoisotopic (exact) mass is 363 g/mol. The van der Waals surface area contributed by atoms with E-state index in [4.69, 9.17) is 9.47 Å². The molecule has 1 atom stereocenters. The van der Waals surface area contributed by atoms with Crippen molar-refractivity contribution < 1.29 is 14.3 Å². The SMILES string of the molecule is COc1ccc(OC)c(C2CCN(C(=O)c3ccc4nccnc4c3)C2)c1. The zero-order valence-corrected chi connectivity index (χ0v) is 15.4. The molecule has 0 radical (unpaired) electrons. The Balaban J connectivity index is 1.56. The van der Waals surface area contributed by atoms with Gasteiger partial charge < -0.3 is 14.4 Å². The highest BCUT2D eigenvalue weighted by atomic mass is 16.5. The van der Waals surface area contributed by atoms with Crippen molar-refractivity contribution in [2.75, 3.05) is 27.3 Å². The summed E-state index contributed by atoms with van der Waals surface area (Å²) in [7, 11) is 3.32. The van der Waals surface area contributed by atoms with Gasteiger partial charge in [-0.3, -0.25) is 14.8 Å². The van der Waals surface area contributed by atoms with E-state index in [0.29, 0.717) is 18.7 Å². The van der Waals surface area contributed by atoms with E-state index in [9.17, 15) is 4.79 Å². The van der Waals surface area contributed by atoms with Crippen LogP contribution in [0.15, 0.2) is 48.8 Å². The van der Waals surface area contributed by atoms with Crippen LogP contribution >= 0.6 is 0 Å². The molecule has 1 saturated heterocycles. The first kappa shape index (κ1) is 17.3. The number of methoxy groups -OCH3 is 2. The van der Waals surface area contributed by atoms with Gasteiger partial charge in [0.2, 0.25) is 0 Å². The van der Waals surface area contributed by atoms with Crippen molar-refractivity contribution in [3.05, 3.63) is 59.9 Å². The maximum absolute atomic E-state index is 13.0. The number of fused-ring (bicyclic) bond motifs is 1. The van der Waals surface area contributed by atoms with Crippen LogP contribution in [0.3, 0.4) is 0 Å². The highest BCUT2D eigenvalue weighted by molar-refractivity contribution is 5.97. The molecule has 138 valence electrons. The molecule has 6 heteroatoms. The van der Waals surface area contributed by atoms with Crippen molar-refractivity contribution in [2.24, 2.45) is 0 Å². The summed E-state index contributed by atoms with van der Waals surface area (Å²) < 4.78 is 10.9. The minimum Gasteiger partial charge on any atom is -0.497 e. The Morgan fingerprint density at radius 1 is 1.04 bits per heavy atom. The van der Waals surface area contributed by atoms with E-state index in [0.717, 1.165) is 34.5 Å². The van der Waals surface area contributed by atoms with Crippen LogP contribution in [0, 0.1) is 0 Å². The smallest absolute Gasteiger partial charge is 0.253 e. The van der Waals surface area contributed by atoms with Crippen LogP contribution in [-0.4, -0.2) is 48.1 Å². The minimum atomic E-state index is 0.0203. The minimum absolute atomic E-state index is 0.0203. The van der Waals surface area contributed by atoms with Gasteiger partial charge in [0, 0.05) is 42.5 Å². The lowest BCUT2D eigenvalue weighted by molar-refractivity contribution is 0.0791. The number of hydrogen-bond donors (Lipinski definition) is 0. The third kappa shape index (κ3) is 3.30. The zero-order chi connectivity index (χ0) is 18.8. The molecular weight excluding hydrogens is 342 g/mol. The number of hydrogen-bond acceptors (Lipinski definition) is 5. The predicted octanol–water partition coefficient (Wildman–Crippen LogP) is 3.28. The molecule has 2 aromatic carbocycles. The van der Waals surface area contributed by atoms with Gasteiger partial charge in [0.25, 0.3) is 5.91 Å². The second-order valence-electron chi connectivity index (χ2n) is 6.60. The van der Waals surface area contributed by atoms with E-state index in [2.05, 4.69) is 9.97 Å². The van der Waals surface area contributed by atoms with E-state index in [1.54, 1.807) is 26.6 Å². The van der Waals surface area contributed by atoms with Gasteiger partial charge in [0.05, 0.1) is 25.3 Å². The summed E-state index contributed by atoms with van der Waals surface area (Å²) in [6, 6.07) is 11.3. The molecule has 6 nitrogen and oxygen atoms in total. The van der Waals surface area contributed by atoms with Gasteiger partial charge in [-0.1, -0.05) is 0 Å². The number of amides is 1. The van der Waals surface area contributed by atoms with E-state index in [1.165, 1.54) is 0 Å². The number of likely N-dealkylation sites (tertiary alicyclic amines) is 1. The van der Waals surface area contributed by atoms with Crippen molar-refractivity contribution in [3.8, 4) is 11.5 Å². The van der Waals surface area contributed by atoms with Crippen molar-refractivity contribution in [2.45, 2.75) is 12.3 Å². The maximum Gasteiger partial charge on any atom is 0.253 e. The third-order valence-electron chi connectivity index (χ3n) is 5.07. The fourth-order valence-electron chi connectivity index (χ4n) is 3.64. The Labute approximate surface area is 157 Å². The molecule has 0 spiro atoms. The Hall–Kier alpha value is -3.15. The first-order chi connectivity index (χ1) is 13.2. The molecule has 4 rings (SSSR count). The molecule has 0 bridgehead atoms. The maximum atomic E-state index is 13.0. The lowest BCUT2D eigenvalue weighted by atomic mass is 9.97. The number of aromatic nitrogens is 2. The molecule has 2 heterocycles.